The number of rotatable bonds is 6. The fourth-order valence-electron chi connectivity index (χ4n) is 3.04. The number of anilines is 1. The highest BCUT2D eigenvalue weighted by Crippen LogP contribution is 2.29. The largest absolute Gasteiger partial charge is 0.497 e. The fraction of sp³-hybridized carbons (Fsp3) is 0.238. The quantitative estimate of drug-likeness (QED) is 0.504. The number of benzene rings is 2. The third kappa shape index (κ3) is 4.27. The second kappa shape index (κ2) is 8.00. The zero-order valence-corrected chi connectivity index (χ0v) is 17.2. The molecule has 1 N–H and O–H groups in total. The molecule has 29 heavy (non-hydrogen) atoms. The summed E-state index contributed by atoms with van der Waals surface area (Å²) in [5.41, 5.74) is 4.04. The summed E-state index contributed by atoms with van der Waals surface area (Å²) < 4.78 is 11.5. The molecule has 0 aliphatic heterocycles. The Bertz CT molecular complexity index is 1160. The van der Waals surface area contributed by atoms with Gasteiger partial charge in [-0.3, -0.25) is 4.79 Å². The average molecular weight is 408 g/mol. The molecular formula is C21H20N4O3S. The van der Waals surface area contributed by atoms with E-state index >= 15 is 0 Å². The molecule has 0 aliphatic carbocycles. The van der Waals surface area contributed by atoms with Crippen LogP contribution in [0.2, 0.25) is 0 Å². The van der Waals surface area contributed by atoms with Gasteiger partial charge in [-0.15, -0.1) is 0 Å². The number of methoxy groups -OCH3 is 1. The number of hydrogen-bond donors (Lipinski definition) is 1. The Morgan fingerprint density at radius 3 is 2.72 bits per heavy atom. The molecule has 4 aromatic rings. The molecule has 0 saturated carbocycles. The van der Waals surface area contributed by atoms with Gasteiger partial charge < -0.3 is 14.6 Å². The lowest BCUT2D eigenvalue weighted by atomic mass is 10.1. The van der Waals surface area contributed by atoms with Gasteiger partial charge in [-0.25, -0.2) is 4.98 Å². The summed E-state index contributed by atoms with van der Waals surface area (Å²) in [5.74, 6) is 1.53. The summed E-state index contributed by atoms with van der Waals surface area (Å²) in [6, 6.07) is 11.5. The van der Waals surface area contributed by atoms with Gasteiger partial charge in [-0.1, -0.05) is 22.6 Å². The number of ether oxygens (including phenoxy) is 1. The van der Waals surface area contributed by atoms with E-state index in [1.54, 1.807) is 7.11 Å². The number of thiazole rings is 1. The number of aromatic nitrogens is 3. The minimum atomic E-state index is -0.136. The van der Waals surface area contributed by atoms with Gasteiger partial charge in [0.1, 0.15) is 5.75 Å². The SMILES string of the molecule is COc1ccc(-c2noc(CCC(=O)Nc3nc4c(C)cc(C)cc4s3)n2)cc1. The van der Waals surface area contributed by atoms with Crippen LogP contribution >= 0.6 is 11.3 Å². The Kier molecular flexibility index (Phi) is 5.26. The fourth-order valence-corrected chi connectivity index (χ4v) is 4.10. The molecule has 0 spiro atoms. The van der Waals surface area contributed by atoms with E-state index in [-0.39, 0.29) is 12.3 Å². The average Bonchev–Trinajstić information content (AvgIpc) is 3.33. The standard InChI is InChI=1S/C21H20N4O3S/c1-12-10-13(2)19-16(11-12)29-21(24-19)22-17(26)8-9-18-23-20(25-28-18)14-4-6-15(27-3)7-5-14/h4-7,10-11H,8-9H2,1-3H3,(H,22,24,26). The van der Waals surface area contributed by atoms with Crippen LogP contribution in [0.1, 0.15) is 23.4 Å². The number of fused-ring (bicyclic) bond motifs is 1. The Morgan fingerprint density at radius 1 is 1.17 bits per heavy atom. The van der Waals surface area contributed by atoms with Crippen molar-refractivity contribution in [2.24, 2.45) is 0 Å². The van der Waals surface area contributed by atoms with Crippen molar-refractivity contribution in [3.05, 3.63) is 53.4 Å². The van der Waals surface area contributed by atoms with Crippen molar-refractivity contribution in [3.8, 4) is 17.1 Å². The van der Waals surface area contributed by atoms with E-state index in [9.17, 15) is 4.79 Å². The molecule has 0 fully saturated rings. The van der Waals surface area contributed by atoms with Crippen molar-refractivity contribution in [1.82, 2.24) is 15.1 Å². The molecule has 0 aliphatic rings. The Balaban J connectivity index is 1.37. The van der Waals surface area contributed by atoms with E-state index in [1.165, 1.54) is 16.9 Å². The highest BCUT2D eigenvalue weighted by atomic mass is 32.1. The first-order valence-electron chi connectivity index (χ1n) is 9.16. The molecule has 148 valence electrons. The van der Waals surface area contributed by atoms with E-state index in [0.717, 1.165) is 27.1 Å². The zero-order valence-electron chi connectivity index (χ0n) is 16.4. The summed E-state index contributed by atoms with van der Waals surface area (Å²) in [6.45, 7) is 4.08. The van der Waals surface area contributed by atoms with Gasteiger partial charge >= 0.3 is 0 Å². The first kappa shape index (κ1) is 19.1. The Labute approximate surface area is 171 Å². The van der Waals surface area contributed by atoms with Crippen molar-refractivity contribution in [3.63, 3.8) is 0 Å². The maximum Gasteiger partial charge on any atom is 0.227 e. The van der Waals surface area contributed by atoms with Crippen LogP contribution in [0.3, 0.4) is 0 Å². The van der Waals surface area contributed by atoms with E-state index in [4.69, 9.17) is 9.26 Å². The molecule has 0 atom stereocenters. The summed E-state index contributed by atoms with van der Waals surface area (Å²) in [6.07, 6.45) is 0.593. The van der Waals surface area contributed by atoms with Crippen LogP contribution in [0, 0.1) is 13.8 Å². The number of carbonyl (C=O) groups is 1. The molecule has 0 unspecified atom stereocenters. The van der Waals surface area contributed by atoms with Crippen LogP contribution in [0.15, 0.2) is 40.9 Å². The summed E-state index contributed by atoms with van der Waals surface area (Å²) in [5, 5.41) is 7.45. The predicted octanol–water partition coefficient (Wildman–Crippen LogP) is 4.54. The highest BCUT2D eigenvalue weighted by molar-refractivity contribution is 7.22. The maximum absolute atomic E-state index is 12.3. The molecule has 2 aromatic carbocycles. The molecule has 4 rings (SSSR count). The second-order valence-corrected chi connectivity index (χ2v) is 7.77. The third-order valence-corrected chi connectivity index (χ3v) is 5.38. The lowest BCUT2D eigenvalue weighted by Crippen LogP contribution is -2.12. The van der Waals surface area contributed by atoms with Crippen molar-refractivity contribution < 1.29 is 14.1 Å². The number of nitrogens with zero attached hydrogens (tertiary/aromatic N) is 3. The van der Waals surface area contributed by atoms with Gasteiger partial charge in [0.15, 0.2) is 5.13 Å². The first-order chi connectivity index (χ1) is 14.0. The predicted molar refractivity (Wildman–Crippen MR) is 112 cm³/mol. The lowest BCUT2D eigenvalue weighted by Gasteiger charge is -1.99. The zero-order chi connectivity index (χ0) is 20.4. The van der Waals surface area contributed by atoms with Crippen LogP contribution in [-0.2, 0) is 11.2 Å². The van der Waals surface area contributed by atoms with Crippen molar-refractivity contribution in [1.29, 1.82) is 0 Å². The number of aryl methyl sites for hydroxylation is 3. The summed E-state index contributed by atoms with van der Waals surface area (Å²) >= 11 is 1.48. The first-order valence-corrected chi connectivity index (χ1v) is 9.98. The summed E-state index contributed by atoms with van der Waals surface area (Å²) in [4.78, 5) is 21.2. The molecule has 7 nitrogen and oxygen atoms in total. The van der Waals surface area contributed by atoms with E-state index in [0.29, 0.717) is 23.3 Å². The molecule has 0 radical (unpaired) electrons. The molecule has 8 heteroatoms. The summed E-state index contributed by atoms with van der Waals surface area (Å²) in [7, 11) is 1.61. The smallest absolute Gasteiger partial charge is 0.227 e. The van der Waals surface area contributed by atoms with Gasteiger partial charge in [-0.05, 0) is 55.3 Å². The van der Waals surface area contributed by atoms with Crippen LogP contribution < -0.4 is 10.1 Å². The Hall–Kier alpha value is -3.26. The maximum atomic E-state index is 12.3. The van der Waals surface area contributed by atoms with Crippen LogP contribution in [0.25, 0.3) is 21.6 Å². The van der Waals surface area contributed by atoms with Gasteiger partial charge in [0.05, 0.1) is 17.3 Å². The normalized spacial score (nSPS) is 11.0. The van der Waals surface area contributed by atoms with Gasteiger partial charge in [0.25, 0.3) is 0 Å². The lowest BCUT2D eigenvalue weighted by molar-refractivity contribution is -0.116. The number of amides is 1. The van der Waals surface area contributed by atoms with E-state index < -0.39 is 0 Å². The number of hydrogen-bond acceptors (Lipinski definition) is 7. The molecule has 1 amide bonds. The monoisotopic (exact) mass is 408 g/mol. The minimum Gasteiger partial charge on any atom is -0.497 e. The molecule has 2 heterocycles. The third-order valence-electron chi connectivity index (χ3n) is 4.46. The number of nitrogens with one attached hydrogen (secondary N) is 1. The van der Waals surface area contributed by atoms with Crippen LogP contribution in [0.4, 0.5) is 5.13 Å². The van der Waals surface area contributed by atoms with Crippen LogP contribution in [0.5, 0.6) is 5.75 Å². The van der Waals surface area contributed by atoms with Gasteiger partial charge in [0.2, 0.25) is 17.6 Å². The number of carbonyl (C=O) groups excluding carboxylic acids is 1. The Morgan fingerprint density at radius 2 is 1.97 bits per heavy atom. The van der Waals surface area contributed by atoms with Gasteiger partial charge in [0, 0.05) is 18.4 Å². The molecule has 2 aromatic heterocycles. The van der Waals surface area contributed by atoms with E-state index in [1.807, 2.05) is 31.2 Å². The highest BCUT2D eigenvalue weighted by Gasteiger charge is 2.13. The van der Waals surface area contributed by atoms with Crippen molar-refractivity contribution >= 4 is 32.6 Å². The van der Waals surface area contributed by atoms with Crippen LogP contribution in [-0.4, -0.2) is 28.1 Å². The van der Waals surface area contributed by atoms with Crippen molar-refractivity contribution in [2.45, 2.75) is 26.7 Å². The van der Waals surface area contributed by atoms with Crippen molar-refractivity contribution in [2.75, 3.05) is 12.4 Å². The molecular weight excluding hydrogens is 388 g/mol. The molecule has 0 bridgehead atoms. The van der Waals surface area contributed by atoms with Gasteiger partial charge in [-0.2, -0.15) is 4.98 Å². The molecule has 0 saturated heterocycles. The minimum absolute atomic E-state index is 0.136. The van der Waals surface area contributed by atoms with E-state index in [2.05, 4.69) is 39.5 Å². The second-order valence-electron chi connectivity index (χ2n) is 6.74. The topological polar surface area (TPSA) is 90.1 Å².